The standard InChI is InChI=1S/C13H22N4O/c1-9(2)17-6-4-5-11(17)7-14-13(18)12-10(3)15-8-16-12/h8-9,11H,4-7H2,1-3H3,(H,14,18)(H,15,16). The van der Waals surface area contributed by atoms with Crippen LogP contribution in [0.25, 0.3) is 0 Å². The Bertz CT molecular complexity index is 413. The minimum Gasteiger partial charge on any atom is -0.349 e. The normalized spacial score (nSPS) is 20.6. The highest BCUT2D eigenvalue weighted by atomic mass is 16.1. The van der Waals surface area contributed by atoms with Crippen molar-refractivity contribution in [1.82, 2.24) is 20.2 Å². The first kappa shape index (κ1) is 13.1. The number of aromatic nitrogens is 2. The summed E-state index contributed by atoms with van der Waals surface area (Å²) in [5, 5.41) is 2.99. The van der Waals surface area contributed by atoms with Crippen LogP contribution in [0.3, 0.4) is 0 Å². The van der Waals surface area contributed by atoms with Crippen LogP contribution in [0.15, 0.2) is 6.33 Å². The minimum atomic E-state index is -0.0793. The van der Waals surface area contributed by atoms with Crippen molar-refractivity contribution < 1.29 is 4.79 Å². The second-order valence-electron chi connectivity index (χ2n) is 5.21. The van der Waals surface area contributed by atoms with Crippen LogP contribution < -0.4 is 5.32 Å². The summed E-state index contributed by atoms with van der Waals surface area (Å²) in [5.74, 6) is -0.0793. The first-order valence-corrected chi connectivity index (χ1v) is 6.63. The van der Waals surface area contributed by atoms with E-state index in [4.69, 9.17) is 0 Å². The summed E-state index contributed by atoms with van der Waals surface area (Å²) in [5.41, 5.74) is 1.32. The fourth-order valence-electron chi connectivity index (χ4n) is 2.64. The molecule has 2 N–H and O–H groups in total. The van der Waals surface area contributed by atoms with Gasteiger partial charge in [0.2, 0.25) is 0 Å². The molecular weight excluding hydrogens is 228 g/mol. The molecule has 2 heterocycles. The van der Waals surface area contributed by atoms with Gasteiger partial charge in [-0.1, -0.05) is 0 Å². The molecule has 2 rings (SSSR count). The molecular formula is C13H22N4O. The zero-order valence-corrected chi connectivity index (χ0v) is 11.4. The Hall–Kier alpha value is -1.36. The smallest absolute Gasteiger partial charge is 0.271 e. The van der Waals surface area contributed by atoms with E-state index in [1.165, 1.54) is 6.42 Å². The van der Waals surface area contributed by atoms with E-state index >= 15 is 0 Å². The fraction of sp³-hybridized carbons (Fsp3) is 0.692. The van der Waals surface area contributed by atoms with E-state index in [0.29, 0.717) is 24.3 Å². The highest BCUT2D eigenvalue weighted by Crippen LogP contribution is 2.19. The number of imidazole rings is 1. The number of rotatable bonds is 4. The number of carbonyl (C=O) groups excluding carboxylic acids is 1. The predicted octanol–water partition coefficient (Wildman–Crippen LogP) is 1.32. The average Bonchev–Trinajstić information content (AvgIpc) is 2.94. The Morgan fingerprint density at radius 2 is 2.44 bits per heavy atom. The molecule has 1 amide bonds. The highest BCUT2D eigenvalue weighted by molar-refractivity contribution is 5.93. The van der Waals surface area contributed by atoms with Gasteiger partial charge in [-0.15, -0.1) is 0 Å². The average molecular weight is 250 g/mol. The van der Waals surface area contributed by atoms with Gasteiger partial charge in [0, 0.05) is 24.3 Å². The molecule has 0 aromatic carbocycles. The first-order valence-electron chi connectivity index (χ1n) is 6.63. The Morgan fingerprint density at radius 1 is 1.67 bits per heavy atom. The van der Waals surface area contributed by atoms with Crippen molar-refractivity contribution in [3.05, 3.63) is 17.7 Å². The quantitative estimate of drug-likeness (QED) is 0.847. The molecule has 1 aromatic rings. The van der Waals surface area contributed by atoms with Crippen molar-refractivity contribution in [2.45, 2.75) is 45.7 Å². The van der Waals surface area contributed by atoms with Gasteiger partial charge < -0.3 is 10.3 Å². The number of aromatic amines is 1. The molecule has 1 aromatic heterocycles. The van der Waals surface area contributed by atoms with Gasteiger partial charge in [-0.2, -0.15) is 0 Å². The zero-order chi connectivity index (χ0) is 13.1. The van der Waals surface area contributed by atoms with E-state index in [2.05, 4.69) is 34.0 Å². The van der Waals surface area contributed by atoms with Gasteiger partial charge in [-0.25, -0.2) is 4.98 Å². The topological polar surface area (TPSA) is 61.0 Å². The number of likely N-dealkylation sites (tertiary alicyclic amines) is 1. The van der Waals surface area contributed by atoms with Crippen LogP contribution in [0.5, 0.6) is 0 Å². The summed E-state index contributed by atoms with van der Waals surface area (Å²) in [4.78, 5) is 21.4. The van der Waals surface area contributed by atoms with Crippen LogP contribution in [0, 0.1) is 6.92 Å². The second-order valence-corrected chi connectivity index (χ2v) is 5.21. The molecule has 0 bridgehead atoms. The molecule has 0 spiro atoms. The lowest BCUT2D eigenvalue weighted by molar-refractivity contribution is 0.0930. The van der Waals surface area contributed by atoms with E-state index in [1.807, 2.05) is 6.92 Å². The number of hydrogen-bond acceptors (Lipinski definition) is 3. The lowest BCUT2D eigenvalue weighted by Gasteiger charge is -2.28. The maximum absolute atomic E-state index is 11.9. The first-order chi connectivity index (χ1) is 8.59. The van der Waals surface area contributed by atoms with Crippen molar-refractivity contribution in [1.29, 1.82) is 0 Å². The van der Waals surface area contributed by atoms with Gasteiger partial charge in [-0.3, -0.25) is 9.69 Å². The molecule has 18 heavy (non-hydrogen) atoms. The van der Waals surface area contributed by atoms with Crippen LogP contribution in [-0.4, -0.2) is 45.9 Å². The van der Waals surface area contributed by atoms with E-state index in [1.54, 1.807) is 6.33 Å². The van der Waals surface area contributed by atoms with Gasteiger partial charge in [-0.05, 0) is 40.2 Å². The molecule has 0 saturated carbocycles. The number of amides is 1. The van der Waals surface area contributed by atoms with Crippen LogP contribution >= 0.6 is 0 Å². The lowest BCUT2D eigenvalue weighted by Crippen LogP contribution is -2.43. The number of carbonyl (C=O) groups is 1. The summed E-state index contributed by atoms with van der Waals surface area (Å²) in [6.45, 7) is 8.12. The van der Waals surface area contributed by atoms with E-state index in [-0.39, 0.29) is 5.91 Å². The molecule has 5 nitrogen and oxygen atoms in total. The molecule has 1 fully saturated rings. The van der Waals surface area contributed by atoms with Crippen LogP contribution in [0.4, 0.5) is 0 Å². The number of nitrogens with zero attached hydrogens (tertiary/aromatic N) is 2. The Morgan fingerprint density at radius 3 is 3.06 bits per heavy atom. The molecule has 1 unspecified atom stereocenters. The van der Waals surface area contributed by atoms with Crippen molar-refractivity contribution in [2.75, 3.05) is 13.1 Å². The lowest BCUT2D eigenvalue weighted by atomic mass is 10.2. The van der Waals surface area contributed by atoms with Crippen LogP contribution in [0.2, 0.25) is 0 Å². The number of H-pyrrole nitrogens is 1. The molecule has 5 heteroatoms. The van der Waals surface area contributed by atoms with Gasteiger partial charge in [0.05, 0.1) is 6.33 Å². The number of aryl methyl sites for hydroxylation is 1. The molecule has 1 atom stereocenters. The third-order valence-electron chi connectivity index (χ3n) is 3.63. The van der Waals surface area contributed by atoms with Gasteiger partial charge in [0.15, 0.2) is 0 Å². The predicted molar refractivity (Wildman–Crippen MR) is 70.5 cm³/mol. The molecule has 0 aliphatic carbocycles. The maximum atomic E-state index is 11.9. The molecule has 1 aliphatic rings. The van der Waals surface area contributed by atoms with Crippen molar-refractivity contribution in [2.24, 2.45) is 0 Å². The highest BCUT2D eigenvalue weighted by Gasteiger charge is 2.27. The summed E-state index contributed by atoms with van der Waals surface area (Å²) in [6.07, 6.45) is 3.94. The maximum Gasteiger partial charge on any atom is 0.271 e. The number of nitrogens with one attached hydrogen (secondary N) is 2. The van der Waals surface area contributed by atoms with Crippen molar-refractivity contribution in [3.63, 3.8) is 0 Å². The molecule has 1 aliphatic heterocycles. The fourth-order valence-corrected chi connectivity index (χ4v) is 2.64. The molecule has 0 radical (unpaired) electrons. The SMILES string of the molecule is Cc1[nH]cnc1C(=O)NCC1CCCN1C(C)C. The monoisotopic (exact) mass is 250 g/mol. The van der Waals surface area contributed by atoms with Crippen molar-refractivity contribution >= 4 is 5.91 Å². The van der Waals surface area contributed by atoms with Crippen LogP contribution in [0.1, 0.15) is 42.9 Å². The Labute approximate surface area is 108 Å². The second kappa shape index (κ2) is 5.52. The summed E-state index contributed by atoms with van der Waals surface area (Å²) < 4.78 is 0. The van der Waals surface area contributed by atoms with Gasteiger partial charge in [0.1, 0.15) is 5.69 Å². The Balaban J connectivity index is 1.88. The van der Waals surface area contributed by atoms with Crippen LogP contribution in [-0.2, 0) is 0 Å². The van der Waals surface area contributed by atoms with E-state index in [9.17, 15) is 4.79 Å². The van der Waals surface area contributed by atoms with Crippen molar-refractivity contribution in [3.8, 4) is 0 Å². The van der Waals surface area contributed by atoms with Gasteiger partial charge in [0.25, 0.3) is 5.91 Å². The van der Waals surface area contributed by atoms with E-state index < -0.39 is 0 Å². The zero-order valence-electron chi connectivity index (χ0n) is 11.4. The summed E-state index contributed by atoms with van der Waals surface area (Å²) in [6, 6.07) is 1.01. The summed E-state index contributed by atoms with van der Waals surface area (Å²) in [7, 11) is 0. The largest absolute Gasteiger partial charge is 0.349 e. The third-order valence-corrected chi connectivity index (χ3v) is 3.63. The van der Waals surface area contributed by atoms with E-state index in [0.717, 1.165) is 18.7 Å². The Kier molecular flexibility index (Phi) is 4.01. The third kappa shape index (κ3) is 2.72. The minimum absolute atomic E-state index is 0.0793. The number of hydrogen-bond donors (Lipinski definition) is 2. The molecule has 1 saturated heterocycles. The summed E-state index contributed by atoms with van der Waals surface area (Å²) >= 11 is 0. The molecule has 100 valence electrons. The van der Waals surface area contributed by atoms with Gasteiger partial charge >= 0.3 is 0 Å².